The fraction of sp³-hybridized carbons (Fsp3) is 0.909. The molecule has 0 aromatic rings. The van der Waals surface area contributed by atoms with Gasteiger partial charge in [-0.3, -0.25) is 4.99 Å². The molecule has 0 aromatic carbocycles. The van der Waals surface area contributed by atoms with Gasteiger partial charge in [0.05, 0.1) is 6.54 Å². The van der Waals surface area contributed by atoms with Gasteiger partial charge in [-0.25, -0.2) is 0 Å². The van der Waals surface area contributed by atoms with Crippen molar-refractivity contribution in [2.24, 2.45) is 10.9 Å². The Morgan fingerprint density at radius 1 is 1.57 bits per heavy atom. The smallest absolute Gasteiger partial charge is 0.156 e. The Kier molecular flexibility index (Phi) is 5.38. The molecule has 2 nitrogen and oxygen atoms in total. The maximum Gasteiger partial charge on any atom is 0.156 e. The number of nitrogens with one attached hydrogen (secondary N) is 1. The van der Waals surface area contributed by atoms with Gasteiger partial charge in [0, 0.05) is 11.8 Å². The molecule has 1 aliphatic rings. The van der Waals surface area contributed by atoms with Gasteiger partial charge in [-0.15, -0.1) is 0 Å². The van der Waals surface area contributed by atoms with Crippen molar-refractivity contribution >= 4 is 16.9 Å². The molecule has 1 N–H and O–H groups in total. The van der Waals surface area contributed by atoms with Crippen molar-refractivity contribution < 1.29 is 0 Å². The van der Waals surface area contributed by atoms with Crippen LogP contribution in [0.25, 0.3) is 0 Å². The maximum atomic E-state index is 4.50. The lowest BCUT2D eigenvalue weighted by Gasteiger charge is -2.08. The predicted molar refractivity (Wildman–Crippen MR) is 66.0 cm³/mol. The number of hydrogen-bond donors (Lipinski definition) is 1. The molecule has 0 saturated carbocycles. The van der Waals surface area contributed by atoms with Crippen molar-refractivity contribution in [1.82, 2.24) is 5.32 Å². The van der Waals surface area contributed by atoms with E-state index in [1.807, 2.05) is 11.8 Å². The molecule has 0 aliphatic carbocycles. The Bertz CT molecular complexity index is 190. The minimum atomic E-state index is 0.738. The van der Waals surface area contributed by atoms with Gasteiger partial charge in [-0.05, 0) is 18.8 Å². The number of rotatable bonds is 5. The maximum absolute atomic E-state index is 4.50. The molecule has 1 rings (SSSR count). The summed E-state index contributed by atoms with van der Waals surface area (Å²) in [6.45, 7) is 8.84. The summed E-state index contributed by atoms with van der Waals surface area (Å²) < 4.78 is 0. The van der Waals surface area contributed by atoms with E-state index >= 15 is 0 Å². The predicted octanol–water partition coefficient (Wildman–Crippen LogP) is 2.89. The molecule has 0 radical (unpaired) electrons. The molecule has 0 saturated heterocycles. The summed E-state index contributed by atoms with van der Waals surface area (Å²) in [7, 11) is 0. The van der Waals surface area contributed by atoms with Crippen LogP contribution in [0.3, 0.4) is 0 Å². The Hall–Kier alpha value is -0.180. The number of nitrogens with zero attached hydrogens (tertiary/aromatic N) is 1. The monoisotopic (exact) mass is 214 g/mol. The second kappa shape index (κ2) is 6.33. The molecule has 1 aliphatic heterocycles. The zero-order chi connectivity index (χ0) is 10.4. The topological polar surface area (TPSA) is 24.4 Å². The molecule has 0 fully saturated rings. The first-order chi connectivity index (χ1) is 6.72. The third-order valence-corrected chi connectivity index (χ3v) is 3.54. The summed E-state index contributed by atoms with van der Waals surface area (Å²) in [6.07, 6.45) is 3.80. The average molecular weight is 214 g/mol. The van der Waals surface area contributed by atoms with Crippen LogP contribution in [0.2, 0.25) is 0 Å². The van der Waals surface area contributed by atoms with Crippen LogP contribution in [0.4, 0.5) is 0 Å². The summed E-state index contributed by atoms with van der Waals surface area (Å²) >= 11 is 1.93. The fourth-order valence-corrected chi connectivity index (χ4v) is 2.61. The molecule has 0 spiro atoms. The largest absolute Gasteiger partial charge is 0.365 e. The van der Waals surface area contributed by atoms with Gasteiger partial charge in [0.15, 0.2) is 5.17 Å². The quantitative estimate of drug-likeness (QED) is 0.761. The molecular weight excluding hydrogens is 192 g/mol. The fourth-order valence-electron chi connectivity index (χ4n) is 1.45. The van der Waals surface area contributed by atoms with Gasteiger partial charge in [-0.1, -0.05) is 39.0 Å². The number of amidine groups is 1. The summed E-state index contributed by atoms with van der Waals surface area (Å²) in [5.41, 5.74) is 0. The second-order valence-corrected chi connectivity index (χ2v) is 5.57. The standard InChI is InChI=1S/C11H22N2S/c1-4-5-10-8-13-11(14-10)12-7-6-9(2)3/h9-10H,4-8H2,1-3H3,(H,12,13). The van der Waals surface area contributed by atoms with E-state index in [1.54, 1.807) is 0 Å². The van der Waals surface area contributed by atoms with E-state index in [0.717, 1.165) is 24.3 Å². The molecule has 14 heavy (non-hydrogen) atoms. The van der Waals surface area contributed by atoms with Crippen molar-refractivity contribution in [3.63, 3.8) is 0 Å². The first kappa shape index (κ1) is 11.9. The number of thioether (sulfide) groups is 1. The highest BCUT2D eigenvalue weighted by Crippen LogP contribution is 2.23. The van der Waals surface area contributed by atoms with Crippen LogP contribution in [0.5, 0.6) is 0 Å². The zero-order valence-corrected chi connectivity index (χ0v) is 10.4. The van der Waals surface area contributed by atoms with E-state index in [-0.39, 0.29) is 0 Å². The van der Waals surface area contributed by atoms with Crippen molar-refractivity contribution in [3.8, 4) is 0 Å². The Balaban J connectivity index is 2.09. The van der Waals surface area contributed by atoms with Crippen LogP contribution in [0, 0.1) is 5.92 Å². The van der Waals surface area contributed by atoms with Gasteiger partial charge in [0.25, 0.3) is 0 Å². The average Bonchev–Trinajstić information content (AvgIpc) is 2.53. The zero-order valence-electron chi connectivity index (χ0n) is 9.55. The first-order valence-corrected chi connectivity index (χ1v) is 6.55. The number of hydrogen-bond acceptors (Lipinski definition) is 3. The number of aliphatic imine (C=N–C) groups is 1. The molecule has 1 heterocycles. The van der Waals surface area contributed by atoms with Crippen LogP contribution >= 0.6 is 11.8 Å². The van der Waals surface area contributed by atoms with Crippen LogP contribution in [0.15, 0.2) is 4.99 Å². The molecular formula is C11H22N2S. The third-order valence-electron chi connectivity index (χ3n) is 2.33. The normalized spacial score (nSPS) is 21.4. The van der Waals surface area contributed by atoms with E-state index in [1.165, 1.54) is 24.4 Å². The molecule has 0 bridgehead atoms. The molecule has 82 valence electrons. The van der Waals surface area contributed by atoms with Gasteiger partial charge < -0.3 is 5.32 Å². The van der Waals surface area contributed by atoms with E-state index < -0.39 is 0 Å². The SMILES string of the molecule is CCCC1CN=C(NCCC(C)C)S1. The minimum Gasteiger partial charge on any atom is -0.365 e. The van der Waals surface area contributed by atoms with E-state index in [4.69, 9.17) is 0 Å². The van der Waals surface area contributed by atoms with Crippen molar-refractivity contribution in [2.45, 2.75) is 45.3 Å². The lowest BCUT2D eigenvalue weighted by Crippen LogP contribution is -2.21. The van der Waals surface area contributed by atoms with E-state index in [0.29, 0.717) is 0 Å². The summed E-state index contributed by atoms with van der Waals surface area (Å²) in [5.74, 6) is 0.779. The molecule has 3 heteroatoms. The van der Waals surface area contributed by atoms with Crippen LogP contribution in [-0.2, 0) is 0 Å². The first-order valence-electron chi connectivity index (χ1n) is 5.67. The molecule has 0 amide bonds. The van der Waals surface area contributed by atoms with Gasteiger partial charge >= 0.3 is 0 Å². The summed E-state index contributed by atoms with van der Waals surface area (Å²) in [5, 5.41) is 5.32. The highest BCUT2D eigenvalue weighted by Gasteiger charge is 2.17. The van der Waals surface area contributed by atoms with Crippen molar-refractivity contribution in [2.75, 3.05) is 13.1 Å². The lowest BCUT2D eigenvalue weighted by atomic mass is 10.1. The van der Waals surface area contributed by atoms with Crippen LogP contribution in [0.1, 0.15) is 40.0 Å². The van der Waals surface area contributed by atoms with E-state index in [9.17, 15) is 0 Å². The minimum absolute atomic E-state index is 0.738. The summed E-state index contributed by atoms with van der Waals surface area (Å²) in [6, 6.07) is 0. The van der Waals surface area contributed by atoms with Crippen molar-refractivity contribution in [1.29, 1.82) is 0 Å². The molecule has 1 atom stereocenters. The molecule has 1 unspecified atom stereocenters. The third kappa shape index (κ3) is 4.36. The van der Waals surface area contributed by atoms with Crippen molar-refractivity contribution in [3.05, 3.63) is 0 Å². The van der Waals surface area contributed by atoms with Gasteiger partial charge in [0.2, 0.25) is 0 Å². The highest BCUT2D eigenvalue weighted by molar-refractivity contribution is 8.14. The summed E-state index contributed by atoms with van der Waals surface area (Å²) in [4.78, 5) is 4.50. The second-order valence-electron chi connectivity index (χ2n) is 4.28. The molecule has 0 aromatic heterocycles. The highest BCUT2D eigenvalue weighted by atomic mass is 32.2. The van der Waals surface area contributed by atoms with Crippen LogP contribution < -0.4 is 5.32 Å². The Labute approximate surface area is 92.0 Å². The van der Waals surface area contributed by atoms with E-state index in [2.05, 4.69) is 31.1 Å². The van der Waals surface area contributed by atoms with Gasteiger partial charge in [-0.2, -0.15) is 0 Å². The van der Waals surface area contributed by atoms with Crippen LogP contribution in [-0.4, -0.2) is 23.5 Å². The Morgan fingerprint density at radius 3 is 3.00 bits per heavy atom. The lowest BCUT2D eigenvalue weighted by molar-refractivity contribution is 0.579. The Morgan fingerprint density at radius 2 is 2.36 bits per heavy atom. The van der Waals surface area contributed by atoms with Gasteiger partial charge in [0.1, 0.15) is 0 Å².